The van der Waals surface area contributed by atoms with Crippen LogP contribution in [0.1, 0.15) is 66.9 Å². The van der Waals surface area contributed by atoms with Gasteiger partial charge in [0.05, 0.1) is 16.8 Å². The number of thiazole rings is 1. The largest absolute Gasteiger partial charge is 0.378 e. The SMILES string of the molecule is CN=C(NCCCCCOC1CCCCC1)NCCc1nc(C)c(C)s1.I. The minimum Gasteiger partial charge on any atom is -0.378 e. The molecule has 2 N–H and O–H groups in total. The van der Waals surface area contributed by atoms with Crippen LogP contribution in [0.25, 0.3) is 0 Å². The molecule has 2 rings (SSSR count). The zero-order valence-electron chi connectivity index (χ0n) is 17.2. The first-order valence-electron chi connectivity index (χ1n) is 10.2. The highest BCUT2D eigenvalue weighted by Crippen LogP contribution is 2.20. The van der Waals surface area contributed by atoms with Gasteiger partial charge in [-0.05, 0) is 46.0 Å². The standard InChI is InChI=1S/C20H36N4OS.HI/c1-16-17(2)26-19(24-16)12-14-23-20(21-3)22-13-8-5-9-15-25-18-10-6-4-7-11-18;/h18H,4-15H2,1-3H3,(H2,21,22,23);1H. The van der Waals surface area contributed by atoms with Crippen LogP contribution >= 0.6 is 35.3 Å². The van der Waals surface area contributed by atoms with Crippen molar-refractivity contribution < 1.29 is 4.74 Å². The second-order valence-corrected chi connectivity index (χ2v) is 8.40. The monoisotopic (exact) mass is 508 g/mol. The summed E-state index contributed by atoms with van der Waals surface area (Å²) in [6, 6.07) is 0. The lowest BCUT2D eigenvalue weighted by Gasteiger charge is -2.21. The predicted octanol–water partition coefficient (Wildman–Crippen LogP) is 4.61. The summed E-state index contributed by atoms with van der Waals surface area (Å²) in [5, 5.41) is 7.96. The lowest BCUT2D eigenvalue weighted by molar-refractivity contribution is 0.0264. The number of guanidine groups is 1. The van der Waals surface area contributed by atoms with Gasteiger partial charge in [0.2, 0.25) is 0 Å². The molecule has 0 aromatic carbocycles. The summed E-state index contributed by atoms with van der Waals surface area (Å²) in [5.74, 6) is 0.883. The molecule has 0 atom stereocenters. The fourth-order valence-corrected chi connectivity index (χ4v) is 4.18. The Labute approximate surface area is 186 Å². The van der Waals surface area contributed by atoms with Gasteiger partial charge in [-0.1, -0.05) is 19.3 Å². The topological polar surface area (TPSA) is 58.5 Å². The first-order chi connectivity index (χ1) is 12.7. The number of aliphatic imine (C=N–C) groups is 1. The summed E-state index contributed by atoms with van der Waals surface area (Å²) in [6.45, 7) is 6.94. The van der Waals surface area contributed by atoms with E-state index in [0.29, 0.717) is 6.10 Å². The minimum absolute atomic E-state index is 0. The lowest BCUT2D eigenvalue weighted by Crippen LogP contribution is -2.38. The van der Waals surface area contributed by atoms with Crippen LogP contribution < -0.4 is 10.6 Å². The number of rotatable bonds is 10. The van der Waals surface area contributed by atoms with E-state index in [1.807, 2.05) is 7.05 Å². The summed E-state index contributed by atoms with van der Waals surface area (Å²) >= 11 is 1.79. The number of ether oxygens (including phenoxy) is 1. The van der Waals surface area contributed by atoms with Crippen molar-refractivity contribution in [2.24, 2.45) is 4.99 Å². The Bertz CT molecular complexity index is 525. The number of aryl methyl sites for hydroxylation is 2. The van der Waals surface area contributed by atoms with Crippen LogP contribution in [0.15, 0.2) is 4.99 Å². The third kappa shape index (κ3) is 10.1. The zero-order chi connectivity index (χ0) is 18.6. The molecule has 0 spiro atoms. The van der Waals surface area contributed by atoms with Crippen LogP contribution in [0.5, 0.6) is 0 Å². The van der Waals surface area contributed by atoms with Crippen molar-refractivity contribution in [2.75, 3.05) is 26.7 Å². The summed E-state index contributed by atoms with van der Waals surface area (Å²) in [7, 11) is 1.82. The van der Waals surface area contributed by atoms with E-state index in [1.165, 1.54) is 48.4 Å². The van der Waals surface area contributed by atoms with Crippen molar-refractivity contribution in [1.29, 1.82) is 0 Å². The van der Waals surface area contributed by atoms with E-state index in [9.17, 15) is 0 Å². The van der Waals surface area contributed by atoms with Crippen molar-refractivity contribution >= 4 is 41.3 Å². The van der Waals surface area contributed by atoms with Crippen molar-refractivity contribution in [3.63, 3.8) is 0 Å². The van der Waals surface area contributed by atoms with Crippen molar-refractivity contribution in [2.45, 2.75) is 77.7 Å². The smallest absolute Gasteiger partial charge is 0.190 e. The van der Waals surface area contributed by atoms with E-state index in [1.54, 1.807) is 11.3 Å². The Balaban J connectivity index is 0.00000364. The molecule has 0 amide bonds. The summed E-state index contributed by atoms with van der Waals surface area (Å²) in [5.41, 5.74) is 1.15. The molecule has 1 saturated carbocycles. The highest BCUT2D eigenvalue weighted by atomic mass is 127. The molecule has 7 heteroatoms. The van der Waals surface area contributed by atoms with E-state index in [2.05, 4.69) is 34.5 Å². The van der Waals surface area contributed by atoms with E-state index in [4.69, 9.17) is 4.74 Å². The highest BCUT2D eigenvalue weighted by molar-refractivity contribution is 14.0. The summed E-state index contributed by atoms with van der Waals surface area (Å²) < 4.78 is 5.98. The van der Waals surface area contributed by atoms with Crippen LogP contribution in [0.2, 0.25) is 0 Å². The van der Waals surface area contributed by atoms with Gasteiger partial charge in [0.15, 0.2) is 5.96 Å². The Morgan fingerprint density at radius 3 is 2.52 bits per heavy atom. The maximum Gasteiger partial charge on any atom is 0.190 e. The average molecular weight is 509 g/mol. The molecule has 5 nitrogen and oxygen atoms in total. The molecule has 0 saturated heterocycles. The molecule has 1 aliphatic carbocycles. The Morgan fingerprint density at radius 1 is 1.11 bits per heavy atom. The van der Waals surface area contributed by atoms with Crippen LogP contribution in [-0.2, 0) is 11.2 Å². The van der Waals surface area contributed by atoms with Gasteiger partial charge in [-0.3, -0.25) is 4.99 Å². The van der Waals surface area contributed by atoms with E-state index in [0.717, 1.165) is 50.6 Å². The Hall–Kier alpha value is -0.410. The first-order valence-corrected chi connectivity index (χ1v) is 11.0. The minimum atomic E-state index is 0. The second-order valence-electron chi connectivity index (χ2n) is 7.12. The molecule has 0 aliphatic heterocycles. The lowest BCUT2D eigenvalue weighted by atomic mass is 9.98. The molecule has 0 unspecified atom stereocenters. The quantitative estimate of drug-likeness (QED) is 0.210. The van der Waals surface area contributed by atoms with E-state index < -0.39 is 0 Å². The van der Waals surface area contributed by atoms with E-state index >= 15 is 0 Å². The van der Waals surface area contributed by atoms with Gasteiger partial charge in [-0.15, -0.1) is 35.3 Å². The molecule has 1 heterocycles. The molecule has 0 radical (unpaired) electrons. The van der Waals surface area contributed by atoms with Gasteiger partial charge in [-0.2, -0.15) is 0 Å². The van der Waals surface area contributed by atoms with Crippen LogP contribution in [-0.4, -0.2) is 43.8 Å². The summed E-state index contributed by atoms with van der Waals surface area (Å²) in [6.07, 6.45) is 11.6. The number of hydrogen-bond acceptors (Lipinski definition) is 4. The molecule has 156 valence electrons. The van der Waals surface area contributed by atoms with Crippen LogP contribution in [0.4, 0.5) is 0 Å². The molecule has 27 heavy (non-hydrogen) atoms. The van der Waals surface area contributed by atoms with Gasteiger partial charge >= 0.3 is 0 Å². The molecule has 1 aliphatic rings. The number of nitrogens with zero attached hydrogens (tertiary/aromatic N) is 2. The van der Waals surface area contributed by atoms with Gasteiger partial charge < -0.3 is 15.4 Å². The van der Waals surface area contributed by atoms with Crippen molar-refractivity contribution in [1.82, 2.24) is 15.6 Å². The maximum absolute atomic E-state index is 5.98. The van der Waals surface area contributed by atoms with Crippen LogP contribution in [0, 0.1) is 13.8 Å². The zero-order valence-corrected chi connectivity index (χ0v) is 20.3. The molecule has 1 aromatic rings. The number of aromatic nitrogens is 1. The molecule has 0 bridgehead atoms. The molecule has 1 fully saturated rings. The van der Waals surface area contributed by atoms with Crippen molar-refractivity contribution in [3.05, 3.63) is 15.6 Å². The van der Waals surface area contributed by atoms with Gasteiger partial charge in [0.25, 0.3) is 0 Å². The average Bonchev–Trinajstić information content (AvgIpc) is 2.98. The normalized spacial score (nSPS) is 15.4. The second kappa shape index (κ2) is 14.6. The van der Waals surface area contributed by atoms with Gasteiger partial charge in [0.1, 0.15) is 0 Å². The van der Waals surface area contributed by atoms with Crippen molar-refractivity contribution in [3.8, 4) is 0 Å². The third-order valence-electron chi connectivity index (χ3n) is 4.95. The predicted molar refractivity (Wildman–Crippen MR) is 127 cm³/mol. The molecular weight excluding hydrogens is 471 g/mol. The maximum atomic E-state index is 5.98. The number of hydrogen-bond donors (Lipinski definition) is 2. The van der Waals surface area contributed by atoms with E-state index in [-0.39, 0.29) is 24.0 Å². The van der Waals surface area contributed by atoms with Gasteiger partial charge in [0, 0.05) is 38.0 Å². The highest BCUT2D eigenvalue weighted by Gasteiger charge is 2.12. The third-order valence-corrected chi connectivity index (χ3v) is 6.08. The first kappa shape index (κ1) is 24.6. The van der Waals surface area contributed by atoms with Crippen LogP contribution in [0.3, 0.4) is 0 Å². The Kier molecular flexibility index (Phi) is 13.3. The molecular formula is C20H37IN4OS. The number of nitrogens with one attached hydrogen (secondary N) is 2. The Morgan fingerprint density at radius 2 is 1.85 bits per heavy atom. The van der Waals surface area contributed by atoms with Gasteiger partial charge in [-0.25, -0.2) is 4.98 Å². The fourth-order valence-electron chi connectivity index (χ4n) is 3.25. The molecule has 1 aromatic heterocycles. The number of halogens is 1. The summed E-state index contributed by atoms with van der Waals surface area (Å²) in [4.78, 5) is 10.2. The number of unbranched alkanes of at least 4 members (excludes halogenated alkanes) is 2. The fraction of sp³-hybridized carbons (Fsp3) is 0.800.